The summed E-state index contributed by atoms with van der Waals surface area (Å²) in [5.41, 5.74) is 4.02. The molecule has 2 N–H and O–H groups in total. The first-order valence-corrected chi connectivity index (χ1v) is 24.1. The van der Waals surface area contributed by atoms with Gasteiger partial charge in [-0.2, -0.15) is 0 Å². The smallest absolute Gasteiger partial charge is 0.316 e. The van der Waals surface area contributed by atoms with Crippen molar-refractivity contribution < 1.29 is 23.1 Å². The number of carbonyl (C=O) groups is 1. The van der Waals surface area contributed by atoms with Crippen molar-refractivity contribution in [3.05, 3.63) is 53.9 Å². The van der Waals surface area contributed by atoms with Crippen LogP contribution in [-0.4, -0.2) is 84.2 Å². The molecule has 7 aliphatic rings. The number of aromatic nitrogens is 2. The number of carboxylic acids is 1. The normalized spacial score (nSPS) is 42.3. The van der Waals surface area contributed by atoms with Gasteiger partial charge in [0, 0.05) is 44.1 Å². The van der Waals surface area contributed by atoms with E-state index in [9.17, 15) is 18.3 Å². The van der Waals surface area contributed by atoms with Crippen LogP contribution in [0.4, 0.5) is 0 Å². The van der Waals surface area contributed by atoms with Crippen LogP contribution < -0.4 is 10.1 Å². The number of hydrogen-bond acceptors (Lipinski definition) is 8. The Balaban J connectivity index is 1.01. The third-order valence-electron chi connectivity index (χ3n) is 18.4. The molecule has 1 aromatic heterocycles. The summed E-state index contributed by atoms with van der Waals surface area (Å²) in [6.45, 7) is 23.2. The maximum atomic E-state index is 12.7. The Morgan fingerprint density at radius 3 is 2.33 bits per heavy atom. The number of sulfone groups is 1. The zero-order valence-electron chi connectivity index (χ0n) is 35.7. The quantitative estimate of drug-likeness (QED) is 0.225. The Kier molecular flexibility index (Phi) is 10.5. The molecule has 1 aromatic rings. The van der Waals surface area contributed by atoms with Crippen LogP contribution in [0.5, 0.6) is 6.01 Å². The van der Waals surface area contributed by atoms with Crippen molar-refractivity contribution in [3.8, 4) is 6.01 Å². The minimum atomic E-state index is -2.87. The average molecular weight is 803 g/mol. The van der Waals surface area contributed by atoms with Crippen LogP contribution >= 0.6 is 0 Å². The highest BCUT2D eigenvalue weighted by Gasteiger charge is 2.70. The van der Waals surface area contributed by atoms with E-state index in [1.807, 2.05) is 0 Å². The number of carboxylic acid groups (broad SMARTS) is 1. The second-order valence-corrected chi connectivity index (χ2v) is 23.4. The minimum absolute atomic E-state index is 0.00377. The van der Waals surface area contributed by atoms with Crippen molar-refractivity contribution in [1.29, 1.82) is 0 Å². The van der Waals surface area contributed by atoms with E-state index in [-0.39, 0.29) is 39.8 Å². The molecular weight excluding hydrogens is 733 g/mol. The molecule has 5 fully saturated rings. The highest BCUT2D eigenvalue weighted by molar-refractivity contribution is 7.91. The predicted molar refractivity (Wildman–Crippen MR) is 225 cm³/mol. The van der Waals surface area contributed by atoms with Crippen molar-refractivity contribution >= 4 is 15.8 Å². The molecule has 0 spiro atoms. The van der Waals surface area contributed by atoms with Crippen LogP contribution in [0.15, 0.2) is 53.9 Å². The Morgan fingerprint density at radius 2 is 1.67 bits per heavy atom. The molecule has 314 valence electrons. The lowest BCUT2D eigenvalue weighted by molar-refractivity contribution is -0.221. The zero-order valence-corrected chi connectivity index (χ0v) is 36.6. The number of nitrogens with one attached hydrogen (secondary N) is 1. The standard InChI is InChI=1S/C47H70N4O5S/c1-32(2)34-13-20-47(50-25-26-51-27-29-57(54,55)30-28-51)22-21-44(6)36(39(34)47)9-10-38-43(5)16-14-35(42(3,4)37(43)15-17-45(38,44)7)33-11-18-46(19-12-33,40(52)53)31-56-41-48-23-8-24-49-41/h8,11,14,23-24,34,36-39,50H,1,9-10,12-13,15-22,25-31H2,2-7H3,(H,52,53)/t34-,36+,37?,38?,39?,43-,44+,45+,46?,47-/m0/s1. The van der Waals surface area contributed by atoms with Gasteiger partial charge in [0.2, 0.25) is 0 Å². The molecule has 1 aliphatic heterocycles. The van der Waals surface area contributed by atoms with E-state index in [2.05, 4.69) is 80.5 Å². The molecule has 8 rings (SSSR count). The maximum absolute atomic E-state index is 12.7. The summed E-state index contributed by atoms with van der Waals surface area (Å²) >= 11 is 0. The van der Waals surface area contributed by atoms with Crippen LogP contribution in [0, 0.1) is 56.7 Å². The summed E-state index contributed by atoms with van der Waals surface area (Å²) in [4.78, 5) is 23.3. The minimum Gasteiger partial charge on any atom is -0.481 e. The molecule has 4 unspecified atom stereocenters. The summed E-state index contributed by atoms with van der Waals surface area (Å²) in [5, 5.41) is 14.6. The second-order valence-electron chi connectivity index (χ2n) is 21.1. The fraction of sp³-hybridized carbons (Fsp3) is 0.766. The van der Waals surface area contributed by atoms with Crippen molar-refractivity contribution in [2.24, 2.45) is 56.7 Å². The number of allylic oxidation sites excluding steroid dienone is 5. The number of rotatable bonds is 10. The van der Waals surface area contributed by atoms with Gasteiger partial charge in [-0.05, 0) is 152 Å². The SMILES string of the molecule is C=C(C)[C@@H]1CC[C@]2(NCCN3CCS(=O)(=O)CC3)CC[C@]3(C)[C@H](CCC4[C@@]5(C)CC=C(C6=CCC(COc7ncccn7)(C(=O)O)CC6)C(C)(C)C5CC[C@]43C)C12. The summed E-state index contributed by atoms with van der Waals surface area (Å²) in [7, 11) is -2.87. The van der Waals surface area contributed by atoms with Crippen LogP contribution in [-0.2, 0) is 14.6 Å². The van der Waals surface area contributed by atoms with Crippen LogP contribution in [0.25, 0.3) is 0 Å². The first-order chi connectivity index (χ1) is 26.9. The van der Waals surface area contributed by atoms with Gasteiger partial charge in [-0.25, -0.2) is 18.4 Å². The lowest BCUT2D eigenvalue weighted by Gasteiger charge is -2.72. The summed E-state index contributed by atoms with van der Waals surface area (Å²) in [6.07, 6.45) is 20.9. The van der Waals surface area contributed by atoms with Gasteiger partial charge in [0.1, 0.15) is 12.0 Å². The van der Waals surface area contributed by atoms with Crippen LogP contribution in [0.3, 0.4) is 0 Å². The first kappa shape index (κ1) is 41.2. The molecule has 2 heterocycles. The highest BCUT2D eigenvalue weighted by atomic mass is 32.2. The van der Waals surface area contributed by atoms with Crippen molar-refractivity contribution in [1.82, 2.24) is 20.2 Å². The molecule has 6 aliphatic carbocycles. The third kappa shape index (κ3) is 6.68. The summed E-state index contributed by atoms with van der Waals surface area (Å²) < 4.78 is 30.0. The van der Waals surface area contributed by atoms with Gasteiger partial charge in [-0.15, -0.1) is 0 Å². The van der Waals surface area contributed by atoms with Gasteiger partial charge >= 0.3 is 12.0 Å². The lowest BCUT2D eigenvalue weighted by atomic mass is 9.33. The molecule has 10 heteroatoms. The van der Waals surface area contributed by atoms with E-state index in [0.29, 0.717) is 67.0 Å². The van der Waals surface area contributed by atoms with E-state index in [1.165, 1.54) is 68.1 Å². The van der Waals surface area contributed by atoms with Gasteiger partial charge in [0.05, 0.1) is 11.5 Å². The molecule has 4 saturated carbocycles. The molecule has 10 atom stereocenters. The number of nitrogens with zero attached hydrogens (tertiary/aromatic N) is 3. The average Bonchev–Trinajstić information content (AvgIpc) is 3.55. The van der Waals surface area contributed by atoms with E-state index >= 15 is 0 Å². The molecule has 0 radical (unpaired) electrons. The van der Waals surface area contributed by atoms with Gasteiger partial charge < -0.3 is 20.1 Å². The van der Waals surface area contributed by atoms with Gasteiger partial charge in [-0.3, -0.25) is 4.79 Å². The first-order valence-electron chi connectivity index (χ1n) is 22.3. The monoisotopic (exact) mass is 803 g/mol. The number of aliphatic carboxylic acids is 1. The lowest BCUT2D eigenvalue weighted by Crippen LogP contribution is -2.68. The highest BCUT2D eigenvalue weighted by Crippen LogP contribution is 2.76. The fourth-order valence-electron chi connectivity index (χ4n) is 15.1. The summed E-state index contributed by atoms with van der Waals surface area (Å²) in [6, 6.07) is 1.95. The van der Waals surface area contributed by atoms with Gasteiger partial charge in [0.25, 0.3) is 0 Å². The maximum Gasteiger partial charge on any atom is 0.316 e. The molecular formula is C47H70N4O5S. The van der Waals surface area contributed by atoms with Gasteiger partial charge in [-0.1, -0.05) is 58.9 Å². The van der Waals surface area contributed by atoms with E-state index in [0.717, 1.165) is 25.9 Å². The van der Waals surface area contributed by atoms with Crippen LogP contribution in [0.1, 0.15) is 119 Å². The molecule has 0 aromatic carbocycles. The molecule has 1 saturated heterocycles. The second kappa shape index (κ2) is 14.6. The number of fused-ring (bicyclic) bond motifs is 7. The third-order valence-corrected chi connectivity index (χ3v) is 20.0. The molecule has 57 heavy (non-hydrogen) atoms. The van der Waals surface area contributed by atoms with Crippen molar-refractivity contribution in [2.45, 2.75) is 124 Å². The molecule has 0 bridgehead atoms. The number of ether oxygens (including phenoxy) is 1. The molecule has 0 amide bonds. The topological polar surface area (TPSA) is 122 Å². The van der Waals surface area contributed by atoms with Crippen molar-refractivity contribution in [2.75, 3.05) is 44.3 Å². The predicted octanol–water partition coefficient (Wildman–Crippen LogP) is 8.30. The fourth-order valence-corrected chi connectivity index (χ4v) is 16.4. The Hall–Kier alpha value is -2.56. The zero-order chi connectivity index (χ0) is 40.6. The van der Waals surface area contributed by atoms with E-state index < -0.39 is 21.2 Å². The van der Waals surface area contributed by atoms with E-state index in [1.54, 1.807) is 18.5 Å². The number of hydrogen-bond donors (Lipinski definition) is 2. The Morgan fingerprint density at radius 1 is 0.930 bits per heavy atom. The van der Waals surface area contributed by atoms with Crippen molar-refractivity contribution in [3.63, 3.8) is 0 Å². The Bertz CT molecular complexity index is 1900. The molecule has 9 nitrogen and oxygen atoms in total. The largest absolute Gasteiger partial charge is 0.481 e. The Labute approximate surface area is 342 Å². The van der Waals surface area contributed by atoms with Gasteiger partial charge in [0.15, 0.2) is 9.84 Å². The van der Waals surface area contributed by atoms with E-state index in [4.69, 9.17) is 4.74 Å². The van der Waals surface area contributed by atoms with Crippen LogP contribution in [0.2, 0.25) is 0 Å². The summed E-state index contributed by atoms with van der Waals surface area (Å²) in [5.74, 6) is 2.79.